The highest BCUT2D eigenvalue weighted by Gasteiger charge is 1.96. The molecule has 1 rings (SSSR count). The van der Waals surface area contributed by atoms with E-state index >= 15 is 0 Å². The maximum Gasteiger partial charge on any atom is 0.330 e. The molecule has 0 aliphatic heterocycles. The summed E-state index contributed by atoms with van der Waals surface area (Å²) in [6, 6.07) is 9.52. The molecule has 88 valence electrons. The van der Waals surface area contributed by atoms with Crippen LogP contribution in [0.25, 0.3) is 6.08 Å². The number of ether oxygens (including phenoxy) is 2. The van der Waals surface area contributed by atoms with Crippen molar-refractivity contribution in [3.63, 3.8) is 0 Å². The van der Waals surface area contributed by atoms with Gasteiger partial charge in [-0.15, -0.1) is 6.42 Å². The van der Waals surface area contributed by atoms with E-state index in [2.05, 4.69) is 5.92 Å². The zero-order chi connectivity index (χ0) is 12.3. The lowest BCUT2D eigenvalue weighted by Gasteiger charge is -2.01. The Labute approximate surface area is 101 Å². The maximum absolute atomic E-state index is 11.2. The summed E-state index contributed by atoms with van der Waals surface area (Å²) in [7, 11) is 0. The number of hydrogen-bond donors (Lipinski definition) is 0. The van der Waals surface area contributed by atoms with Crippen molar-refractivity contribution >= 4 is 12.0 Å². The SMILES string of the molecule is C#CCOCCOC(=O)C=Cc1ccccc1. The first-order valence-electron chi connectivity index (χ1n) is 5.24. The van der Waals surface area contributed by atoms with Gasteiger partial charge in [0.1, 0.15) is 13.2 Å². The minimum Gasteiger partial charge on any atom is -0.460 e. The van der Waals surface area contributed by atoms with Gasteiger partial charge in [0.2, 0.25) is 0 Å². The van der Waals surface area contributed by atoms with E-state index in [0.29, 0.717) is 6.61 Å². The molecule has 0 aliphatic carbocycles. The van der Waals surface area contributed by atoms with Crippen molar-refractivity contribution in [2.45, 2.75) is 0 Å². The summed E-state index contributed by atoms with van der Waals surface area (Å²) in [4.78, 5) is 11.2. The summed E-state index contributed by atoms with van der Waals surface area (Å²) < 4.78 is 9.85. The van der Waals surface area contributed by atoms with Gasteiger partial charge in [-0.2, -0.15) is 0 Å². The molecule has 1 aromatic carbocycles. The third kappa shape index (κ3) is 6.18. The van der Waals surface area contributed by atoms with Crippen LogP contribution in [0.1, 0.15) is 5.56 Å². The van der Waals surface area contributed by atoms with Crippen LogP contribution in [-0.2, 0) is 14.3 Å². The van der Waals surface area contributed by atoms with Crippen molar-refractivity contribution in [2.24, 2.45) is 0 Å². The molecule has 3 heteroatoms. The standard InChI is InChI=1S/C14H14O3/c1-2-10-16-11-12-17-14(15)9-8-13-6-4-3-5-7-13/h1,3-9H,10-12H2. The Morgan fingerprint density at radius 2 is 2.06 bits per heavy atom. The number of terminal acetylenes is 1. The summed E-state index contributed by atoms with van der Waals surface area (Å²) in [5.41, 5.74) is 0.952. The van der Waals surface area contributed by atoms with Gasteiger partial charge in [-0.3, -0.25) is 0 Å². The monoisotopic (exact) mass is 230 g/mol. The normalized spacial score (nSPS) is 10.1. The van der Waals surface area contributed by atoms with Gasteiger partial charge in [0.15, 0.2) is 0 Å². The fraction of sp³-hybridized carbons (Fsp3) is 0.214. The first-order valence-corrected chi connectivity index (χ1v) is 5.24. The lowest BCUT2D eigenvalue weighted by Crippen LogP contribution is -2.08. The lowest BCUT2D eigenvalue weighted by molar-refractivity contribution is -0.139. The van der Waals surface area contributed by atoms with E-state index in [1.165, 1.54) is 6.08 Å². The van der Waals surface area contributed by atoms with E-state index in [9.17, 15) is 4.79 Å². The molecule has 17 heavy (non-hydrogen) atoms. The summed E-state index contributed by atoms with van der Waals surface area (Å²) >= 11 is 0. The van der Waals surface area contributed by atoms with Crippen LogP contribution in [0.2, 0.25) is 0 Å². The first kappa shape index (κ1) is 13.0. The summed E-state index contributed by atoms with van der Waals surface area (Å²) in [6.07, 6.45) is 8.07. The second kappa shape index (κ2) is 8.14. The Kier molecular flexibility index (Phi) is 6.23. The Hall–Kier alpha value is -2.05. The zero-order valence-electron chi connectivity index (χ0n) is 9.46. The van der Waals surface area contributed by atoms with Gasteiger partial charge >= 0.3 is 5.97 Å². The average Bonchev–Trinajstić information content (AvgIpc) is 2.37. The Morgan fingerprint density at radius 1 is 1.29 bits per heavy atom. The van der Waals surface area contributed by atoms with E-state index in [4.69, 9.17) is 15.9 Å². The number of esters is 1. The molecule has 0 radical (unpaired) electrons. The molecule has 0 heterocycles. The van der Waals surface area contributed by atoms with Gasteiger partial charge in [-0.25, -0.2) is 4.79 Å². The van der Waals surface area contributed by atoms with Crippen LogP contribution < -0.4 is 0 Å². The molecule has 0 bridgehead atoms. The minimum atomic E-state index is -0.391. The highest BCUT2D eigenvalue weighted by Crippen LogP contribution is 2.00. The van der Waals surface area contributed by atoms with E-state index in [0.717, 1.165) is 5.56 Å². The second-order valence-corrected chi connectivity index (χ2v) is 3.17. The summed E-state index contributed by atoms with van der Waals surface area (Å²) in [6.45, 7) is 0.756. The van der Waals surface area contributed by atoms with Gasteiger partial charge in [-0.05, 0) is 11.6 Å². The van der Waals surface area contributed by atoms with Gasteiger partial charge in [0.25, 0.3) is 0 Å². The van der Waals surface area contributed by atoms with E-state index < -0.39 is 5.97 Å². The number of rotatable bonds is 6. The largest absolute Gasteiger partial charge is 0.460 e. The van der Waals surface area contributed by atoms with Crippen LogP contribution >= 0.6 is 0 Å². The molecule has 0 spiro atoms. The molecule has 0 aromatic heterocycles. The predicted octanol–water partition coefficient (Wildman–Crippen LogP) is 1.89. The molecule has 0 saturated carbocycles. The van der Waals surface area contributed by atoms with Crippen molar-refractivity contribution in [1.82, 2.24) is 0 Å². The van der Waals surface area contributed by atoms with Crippen molar-refractivity contribution in [2.75, 3.05) is 19.8 Å². The Morgan fingerprint density at radius 3 is 2.76 bits per heavy atom. The van der Waals surface area contributed by atoms with Crippen LogP contribution in [-0.4, -0.2) is 25.8 Å². The molecule has 0 N–H and O–H groups in total. The maximum atomic E-state index is 11.2. The van der Waals surface area contributed by atoms with Crippen molar-refractivity contribution in [3.8, 4) is 12.3 Å². The van der Waals surface area contributed by atoms with Gasteiger partial charge in [-0.1, -0.05) is 36.3 Å². The lowest BCUT2D eigenvalue weighted by atomic mass is 10.2. The van der Waals surface area contributed by atoms with Gasteiger partial charge < -0.3 is 9.47 Å². The fourth-order valence-corrected chi connectivity index (χ4v) is 1.11. The topological polar surface area (TPSA) is 35.5 Å². The zero-order valence-corrected chi connectivity index (χ0v) is 9.46. The Balaban J connectivity index is 2.21. The van der Waals surface area contributed by atoms with Crippen LogP contribution in [0.5, 0.6) is 0 Å². The number of hydrogen-bond acceptors (Lipinski definition) is 3. The third-order valence-electron chi connectivity index (χ3n) is 1.87. The number of benzene rings is 1. The molecule has 0 saturated heterocycles. The van der Waals surface area contributed by atoms with E-state index in [1.807, 2.05) is 30.3 Å². The quantitative estimate of drug-likeness (QED) is 0.324. The second-order valence-electron chi connectivity index (χ2n) is 3.17. The molecule has 0 unspecified atom stereocenters. The van der Waals surface area contributed by atoms with Crippen LogP contribution in [0.15, 0.2) is 36.4 Å². The van der Waals surface area contributed by atoms with E-state index in [-0.39, 0.29) is 13.2 Å². The fourth-order valence-electron chi connectivity index (χ4n) is 1.11. The highest BCUT2D eigenvalue weighted by atomic mass is 16.6. The average molecular weight is 230 g/mol. The molecule has 0 atom stereocenters. The van der Waals surface area contributed by atoms with Crippen LogP contribution in [0.3, 0.4) is 0 Å². The van der Waals surface area contributed by atoms with Crippen LogP contribution in [0.4, 0.5) is 0 Å². The van der Waals surface area contributed by atoms with Gasteiger partial charge in [0, 0.05) is 6.08 Å². The molecule has 1 aromatic rings. The molecular formula is C14H14O3. The van der Waals surface area contributed by atoms with Crippen molar-refractivity contribution in [1.29, 1.82) is 0 Å². The molecule has 3 nitrogen and oxygen atoms in total. The smallest absolute Gasteiger partial charge is 0.330 e. The van der Waals surface area contributed by atoms with E-state index in [1.54, 1.807) is 6.08 Å². The van der Waals surface area contributed by atoms with Crippen molar-refractivity contribution in [3.05, 3.63) is 42.0 Å². The highest BCUT2D eigenvalue weighted by molar-refractivity contribution is 5.86. The minimum absolute atomic E-state index is 0.208. The molecule has 0 amide bonds. The summed E-state index contributed by atoms with van der Waals surface area (Å²) in [5.74, 6) is 1.94. The summed E-state index contributed by atoms with van der Waals surface area (Å²) in [5, 5.41) is 0. The van der Waals surface area contributed by atoms with Crippen LogP contribution in [0, 0.1) is 12.3 Å². The molecular weight excluding hydrogens is 216 g/mol. The third-order valence-corrected chi connectivity index (χ3v) is 1.87. The Bertz CT molecular complexity index is 401. The van der Waals surface area contributed by atoms with Gasteiger partial charge in [0.05, 0.1) is 6.61 Å². The molecule has 0 fully saturated rings. The number of carbonyl (C=O) groups excluding carboxylic acids is 1. The van der Waals surface area contributed by atoms with Crippen molar-refractivity contribution < 1.29 is 14.3 Å². The molecule has 0 aliphatic rings. The first-order chi connectivity index (χ1) is 8.33. The predicted molar refractivity (Wildman–Crippen MR) is 66.1 cm³/mol. The number of carbonyl (C=O) groups is 1.